The average molecular weight is 461 g/mol. The molecule has 2 fully saturated rings. The number of primary amides is 1. The Morgan fingerprint density at radius 2 is 1.79 bits per heavy atom. The predicted molar refractivity (Wildman–Crippen MR) is 123 cm³/mol. The molecule has 174 valence electrons. The molecule has 3 N–H and O–H groups in total. The molecule has 3 aromatic rings. The first-order valence-electron chi connectivity index (χ1n) is 11.0. The van der Waals surface area contributed by atoms with Crippen molar-refractivity contribution in [1.82, 2.24) is 4.98 Å². The molecule has 0 bridgehead atoms. The fourth-order valence-electron chi connectivity index (χ4n) is 3.68. The van der Waals surface area contributed by atoms with Crippen LogP contribution in [0.2, 0.25) is 0 Å². The number of anilines is 1. The van der Waals surface area contributed by atoms with Crippen molar-refractivity contribution in [2.75, 3.05) is 12.4 Å². The van der Waals surface area contributed by atoms with Gasteiger partial charge in [-0.3, -0.25) is 19.4 Å². The van der Waals surface area contributed by atoms with Crippen molar-refractivity contribution in [3.8, 4) is 17.2 Å². The Balaban J connectivity index is 1.31. The second-order valence-electron chi connectivity index (χ2n) is 8.51. The number of carbonyl (C=O) groups is 3. The lowest BCUT2D eigenvalue weighted by Gasteiger charge is -2.15. The van der Waals surface area contributed by atoms with Gasteiger partial charge in [-0.2, -0.15) is 0 Å². The highest BCUT2D eigenvalue weighted by atomic mass is 16.6. The summed E-state index contributed by atoms with van der Waals surface area (Å²) in [5.74, 6) is -0.0750. The van der Waals surface area contributed by atoms with E-state index >= 15 is 0 Å². The Kier molecular flexibility index (Phi) is 5.31. The maximum atomic E-state index is 12.7. The van der Waals surface area contributed by atoms with Crippen molar-refractivity contribution in [2.24, 2.45) is 11.1 Å². The summed E-state index contributed by atoms with van der Waals surface area (Å²) in [6, 6.07) is 11.7. The second-order valence-corrected chi connectivity index (χ2v) is 8.51. The highest BCUT2D eigenvalue weighted by Gasteiger charge is 2.59. The van der Waals surface area contributed by atoms with Gasteiger partial charge in [0.2, 0.25) is 5.91 Å². The molecule has 0 aliphatic heterocycles. The summed E-state index contributed by atoms with van der Waals surface area (Å²) in [5, 5.41) is 3.40. The molecule has 0 unspecified atom stereocenters. The van der Waals surface area contributed by atoms with E-state index in [4.69, 9.17) is 19.9 Å². The van der Waals surface area contributed by atoms with Crippen molar-refractivity contribution in [1.29, 1.82) is 0 Å². The first kappa shape index (κ1) is 21.7. The van der Waals surface area contributed by atoms with Crippen LogP contribution in [0.3, 0.4) is 0 Å². The van der Waals surface area contributed by atoms with Crippen LogP contribution in [0.5, 0.6) is 17.2 Å². The Morgan fingerprint density at radius 3 is 2.41 bits per heavy atom. The van der Waals surface area contributed by atoms with Crippen LogP contribution < -0.4 is 20.5 Å². The van der Waals surface area contributed by atoms with Crippen LogP contribution in [-0.2, 0) is 14.3 Å². The third kappa shape index (κ3) is 4.12. The van der Waals surface area contributed by atoms with Gasteiger partial charge in [-0.25, -0.2) is 0 Å². The maximum Gasteiger partial charge on any atom is 0.321 e. The Bertz CT molecular complexity index is 1300. The number of carbonyl (C=O) groups excluding carboxylic acids is 3. The van der Waals surface area contributed by atoms with Crippen LogP contribution in [0, 0.1) is 5.41 Å². The molecule has 0 atom stereocenters. The van der Waals surface area contributed by atoms with Gasteiger partial charge in [0.05, 0.1) is 18.2 Å². The van der Waals surface area contributed by atoms with Crippen LogP contribution in [0.25, 0.3) is 10.9 Å². The molecule has 2 aliphatic carbocycles. The van der Waals surface area contributed by atoms with Crippen LogP contribution in [0.15, 0.2) is 48.7 Å². The second kappa shape index (κ2) is 8.33. The zero-order chi connectivity index (χ0) is 23.9. The fourth-order valence-corrected chi connectivity index (χ4v) is 3.68. The van der Waals surface area contributed by atoms with Crippen LogP contribution >= 0.6 is 0 Å². The molecule has 0 saturated heterocycles. The van der Waals surface area contributed by atoms with E-state index in [0.29, 0.717) is 46.7 Å². The van der Waals surface area contributed by atoms with Gasteiger partial charge >= 0.3 is 5.97 Å². The number of aromatic nitrogens is 1. The molecular weight excluding hydrogens is 438 g/mol. The van der Waals surface area contributed by atoms with Gasteiger partial charge < -0.3 is 25.3 Å². The van der Waals surface area contributed by atoms with Gasteiger partial charge in [0.15, 0.2) is 0 Å². The van der Waals surface area contributed by atoms with Crippen LogP contribution in [-0.4, -0.2) is 36.0 Å². The van der Waals surface area contributed by atoms with Gasteiger partial charge in [0.1, 0.15) is 28.8 Å². The fraction of sp³-hybridized carbons (Fsp3) is 0.280. The average Bonchev–Trinajstić information content (AvgIpc) is 3.74. The molecule has 34 heavy (non-hydrogen) atoms. The molecule has 0 spiro atoms. The van der Waals surface area contributed by atoms with E-state index in [9.17, 15) is 14.4 Å². The molecule has 1 aromatic heterocycles. The number of hydrogen-bond acceptors (Lipinski definition) is 7. The summed E-state index contributed by atoms with van der Waals surface area (Å²) in [6.07, 6.45) is 4.30. The van der Waals surface area contributed by atoms with E-state index < -0.39 is 17.3 Å². The zero-order valence-corrected chi connectivity index (χ0v) is 18.5. The number of ether oxygens (including phenoxy) is 3. The van der Waals surface area contributed by atoms with Gasteiger partial charge in [-0.1, -0.05) is 0 Å². The quantitative estimate of drug-likeness (QED) is 0.387. The first-order chi connectivity index (χ1) is 16.4. The normalized spacial score (nSPS) is 15.9. The van der Waals surface area contributed by atoms with Crippen molar-refractivity contribution in [3.05, 3.63) is 54.2 Å². The van der Waals surface area contributed by atoms with E-state index in [1.54, 1.807) is 48.7 Å². The number of esters is 1. The number of methoxy groups -OCH3 is 1. The standard InChI is InChI=1S/C25H23N3O6/c1-32-21-13-19-17(12-18(21)22(26)29)20(8-11-27-19)33-15-4-2-14(3-5-15)28-23(30)25(9-10-25)24(31)34-16-6-7-16/h2-5,8,11-13,16H,6-7,9-10H2,1H3,(H2,26,29)(H,28,30). The highest BCUT2D eigenvalue weighted by Crippen LogP contribution is 2.49. The number of hydrogen-bond donors (Lipinski definition) is 2. The van der Waals surface area contributed by atoms with Crippen LogP contribution in [0.4, 0.5) is 5.69 Å². The van der Waals surface area contributed by atoms with E-state index in [1.807, 2.05) is 0 Å². The van der Waals surface area contributed by atoms with Gasteiger partial charge in [0.25, 0.3) is 5.91 Å². The molecule has 2 amide bonds. The molecule has 9 heteroatoms. The lowest BCUT2D eigenvalue weighted by Crippen LogP contribution is -2.33. The summed E-state index contributed by atoms with van der Waals surface area (Å²) in [7, 11) is 1.45. The molecule has 9 nitrogen and oxygen atoms in total. The van der Waals surface area contributed by atoms with Gasteiger partial charge in [0, 0.05) is 23.3 Å². The van der Waals surface area contributed by atoms with E-state index in [2.05, 4.69) is 10.3 Å². The van der Waals surface area contributed by atoms with Gasteiger partial charge in [-0.05, 0) is 62.1 Å². The topological polar surface area (TPSA) is 130 Å². The largest absolute Gasteiger partial charge is 0.496 e. The minimum atomic E-state index is -1.06. The van der Waals surface area contributed by atoms with E-state index in [-0.39, 0.29) is 17.6 Å². The molecule has 2 aliphatic rings. The minimum Gasteiger partial charge on any atom is -0.496 e. The molecule has 2 aromatic carbocycles. The number of amides is 2. The highest BCUT2D eigenvalue weighted by molar-refractivity contribution is 6.11. The number of rotatable bonds is 8. The monoisotopic (exact) mass is 461 g/mol. The number of nitrogens with one attached hydrogen (secondary N) is 1. The number of nitrogens with zero attached hydrogens (tertiary/aromatic N) is 1. The summed E-state index contributed by atoms with van der Waals surface area (Å²) >= 11 is 0. The van der Waals surface area contributed by atoms with Crippen molar-refractivity contribution in [3.63, 3.8) is 0 Å². The lowest BCUT2D eigenvalue weighted by atomic mass is 10.1. The summed E-state index contributed by atoms with van der Waals surface area (Å²) in [4.78, 5) is 41.2. The van der Waals surface area contributed by atoms with E-state index in [1.165, 1.54) is 7.11 Å². The Hall–Kier alpha value is -4.14. The number of benzene rings is 2. The molecule has 1 heterocycles. The van der Waals surface area contributed by atoms with E-state index in [0.717, 1.165) is 12.8 Å². The third-order valence-electron chi connectivity index (χ3n) is 6.00. The summed E-state index contributed by atoms with van der Waals surface area (Å²) < 4.78 is 16.6. The molecule has 2 saturated carbocycles. The predicted octanol–water partition coefficient (Wildman–Crippen LogP) is 3.56. The summed E-state index contributed by atoms with van der Waals surface area (Å²) in [6.45, 7) is 0. The Morgan fingerprint density at radius 1 is 1.06 bits per heavy atom. The maximum absolute atomic E-state index is 12.7. The van der Waals surface area contributed by atoms with Crippen molar-refractivity contribution in [2.45, 2.75) is 31.8 Å². The molecule has 0 radical (unpaired) electrons. The molecule has 5 rings (SSSR count). The number of fused-ring (bicyclic) bond motifs is 1. The molecular formula is C25H23N3O6. The van der Waals surface area contributed by atoms with Crippen molar-refractivity contribution >= 4 is 34.4 Å². The number of nitrogens with two attached hydrogens (primary N) is 1. The SMILES string of the molecule is COc1cc2nccc(Oc3ccc(NC(=O)C4(C(=O)OC5CC5)CC4)cc3)c2cc1C(N)=O. The smallest absolute Gasteiger partial charge is 0.321 e. The summed E-state index contributed by atoms with van der Waals surface area (Å²) in [5.41, 5.74) is 5.76. The third-order valence-corrected chi connectivity index (χ3v) is 6.00. The van der Waals surface area contributed by atoms with Gasteiger partial charge in [-0.15, -0.1) is 0 Å². The van der Waals surface area contributed by atoms with Crippen molar-refractivity contribution < 1.29 is 28.6 Å². The lowest BCUT2D eigenvalue weighted by molar-refractivity contribution is -0.154. The zero-order valence-electron chi connectivity index (χ0n) is 18.5. The minimum absolute atomic E-state index is 0.0291. The number of pyridine rings is 1. The Labute approximate surface area is 195 Å². The van der Waals surface area contributed by atoms with Crippen LogP contribution in [0.1, 0.15) is 36.0 Å². The first-order valence-corrected chi connectivity index (χ1v) is 11.0.